The van der Waals surface area contributed by atoms with E-state index < -0.39 is 0 Å². The standard InChI is InChI=1S/C11H15Cl2N5O/c1-5(2)19-9-4-8(6(12)3-7(9)13)17-11(16)18-10(14)15/h3-5H,1-2H3,(H6,14,15,16,17,18). The summed E-state index contributed by atoms with van der Waals surface area (Å²) in [5.74, 6) is 0.155. The first-order chi connectivity index (χ1) is 8.79. The molecular formula is C11H15Cl2N5O. The third kappa shape index (κ3) is 4.84. The molecule has 8 heteroatoms. The van der Waals surface area contributed by atoms with Gasteiger partial charge in [-0.1, -0.05) is 23.2 Å². The Morgan fingerprint density at radius 2 is 1.79 bits per heavy atom. The van der Waals surface area contributed by atoms with Gasteiger partial charge in [-0.15, -0.1) is 0 Å². The first-order valence-electron chi connectivity index (χ1n) is 5.39. The summed E-state index contributed by atoms with van der Waals surface area (Å²) < 4.78 is 5.52. The monoisotopic (exact) mass is 303 g/mol. The Hall–Kier alpha value is -1.66. The van der Waals surface area contributed by atoms with Crippen molar-refractivity contribution in [2.75, 3.05) is 0 Å². The van der Waals surface area contributed by atoms with Gasteiger partial charge < -0.3 is 21.9 Å². The van der Waals surface area contributed by atoms with Crippen LogP contribution in [0.4, 0.5) is 5.69 Å². The molecule has 0 spiro atoms. The van der Waals surface area contributed by atoms with Gasteiger partial charge in [0.2, 0.25) is 5.96 Å². The molecule has 0 saturated carbocycles. The van der Waals surface area contributed by atoms with Gasteiger partial charge in [-0.25, -0.2) is 4.99 Å². The minimum absolute atomic E-state index is 0.0365. The van der Waals surface area contributed by atoms with Crippen molar-refractivity contribution in [2.45, 2.75) is 20.0 Å². The molecule has 1 aromatic rings. The summed E-state index contributed by atoms with van der Waals surface area (Å²) in [6.45, 7) is 3.75. The Kier molecular flexibility index (Phi) is 5.26. The van der Waals surface area contributed by atoms with Crippen LogP contribution in [0.5, 0.6) is 5.75 Å². The van der Waals surface area contributed by atoms with Crippen molar-refractivity contribution >= 4 is 40.8 Å². The number of nitrogens with two attached hydrogens (primary N) is 3. The van der Waals surface area contributed by atoms with Crippen molar-refractivity contribution in [3.05, 3.63) is 22.2 Å². The summed E-state index contributed by atoms with van der Waals surface area (Å²) in [7, 11) is 0. The number of hydrogen-bond donors (Lipinski definition) is 3. The smallest absolute Gasteiger partial charge is 0.223 e. The highest BCUT2D eigenvalue weighted by molar-refractivity contribution is 6.37. The van der Waals surface area contributed by atoms with Crippen LogP contribution in [-0.4, -0.2) is 18.0 Å². The minimum atomic E-state index is -0.190. The number of benzene rings is 1. The molecule has 0 heterocycles. The van der Waals surface area contributed by atoms with Gasteiger partial charge in [0.15, 0.2) is 5.96 Å². The summed E-state index contributed by atoms with van der Waals surface area (Å²) in [6, 6.07) is 3.09. The molecule has 0 aliphatic carbocycles. The molecule has 1 aromatic carbocycles. The maximum atomic E-state index is 6.01. The molecule has 0 radical (unpaired) electrons. The second kappa shape index (κ2) is 6.49. The van der Waals surface area contributed by atoms with Crippen molar-refractivity contribution in [3.63, 3.8) is 0 Å². The average molecular weight is 304 g/mol. The number of aliphatic imine (C=N–C) groups is 2. The van der Waals surface area contributed by atoms with Gasteiger partial charge in [0.1, 0.15) is 5.75 Å². The SMILES string of the molecule is CC(C)Oc1cc(N=C(N)N=C(N)N)c(Cl)cc1Cl. The highest BCUT2D eigenvalue weighted by Gasteiger charge is 2.10. The van der Waals surface area contributed by atoms with E-state index in [0.717, 1.165) is 0 Å². The first kappa shape index (κ1) is 15.4. The van der Waals surface area contributed by atoms with Gasteiger partial charge >= 0.3 is 0 Å². The first-order valence-corrected chi connectivity index (χ1v) is 6.14. The van der Waals surface area contributed by atoms with Gasteiger partial charge in [0, 0.05) is 6.07 Å². The van der Waals surface area contributed by atoms with Crippen molar-refractivity contribution in [1.82, 2.24) is 0 Å². The van der Waals surface area contributed by atoms with Crippen LogP contribution in [0.1, 0.15) is 13.8 Å². The fraction of sp³-hybridized carbons (Fsp3) is 0.273. The zero-order valence-electron chi connectivity index (χ0n) is 10.5. The van der Waals surface area contributed by atoms with E-state index in [-0.39, 0.29) is 18.0 Å². The number of halogens is 2. The van der Waals surface area contributed by atoms with Crippen molar-refractivity contribution in [2.24, 2.45) is 27.2 Å². The van der Waals surface area contributed by atoms with Crippen molar-refractivity contribution in [3.8, 4) is 5.75 Å². The van der Waals surface area contributed by atoms with Gasteiger partial charge in [-0.05, 0) is 19.9 Å². The molecular weight excluding hydrogens is 289 g/mol. The molecule has 0 unspecified atom stereocenters. The van der Waals surface area contributed by atoms with E-state index in [1.54, 1.807) is 6.07 Å². The Morgan fingerprint density at radius 3 is 2.32 bits per heavy atom. The number of rotatable bonds is 3. The Labute approximate surface area is 121 Å². The van der Waals surface area contributed by atoms with Crippen molar-refractivity contribution < 1.29 is 4.74 Å². The zero-order valence-corrected chi connectivity index (χ0v) is 12.0. The Bertz CT molecular complexity index is 524. The number of guanidine groups is 2. The van der Waals surface area contributed by atoms with Gasteiger partial charge in [0.05, 0.1) is 21.8 Å². The minimum Gasteiger partial charge on any atom is -0.489 e. The van der Waals surface area contributed by atoms with Crippen molar-refractivity contribution in [1.29, 1.82) is 0 Å². The van der Waals surface area contributed by atoms with Crippen LogP contribution in [0.2, 0.25) is 10.0 Å². The van der Waals surface area contributed by atoms with Crippen LogP contribution in [0.25, 0.3) is 0 Å². The fourth-order valence-corrected chi connectivity index (χ4v) is 1.70. The molecule has 0 aromatic heterocycles. The lowest BCUT2D eigenvalue weighted by molar-refractivity contribution is 0.242. The molecule has 0 amide bonds. The van der Waals surface area contributed by atoms with E-state index in [1.165, 1.54) is 6.07 Å². The van der Waals surface area contributed by atoms with Crippen LogP contribution in [0.15, 0.2) is 22.1 Å². The van der Waals surface area contributed by atoms with E-state index >= 15 is 0 Å². The van der Waals surface area contributed by atoms with E-state index in [1.807, 2.05) is 13.8 Å². The van der Waals surface area contributed by atoms with Crippen LogP contribution in [0.3, 0.4) is 0 Å². The summed E-state index contributed by atoms with van der Waals surface area (Å²) >= 11 is 12.0. The predicted molar refractivity (Wildman–Crippen MR) is 79.3 cm³/mol. The molecule has 6 nitrogen and oxygen atoms in total. The van der Waals surface area contributed by atoms with E-state index in [0.29, 0.717) is 21.5 Å². The third-order valence-corrected chi connectivity index (χ3v) is 2.44. The number of hydrogen-bond acceptors (Lipinski definition) is 2. The summed E-state index contributed by atoms with van der Waals surface area (Å²) in [5.41, 5.74) is 16.3. The zero-order chi connectivity index (χ0) is 14.6. The van der Waals surface area contributed by atoms with Gasteiger partial charge in [-0.3, -0.25) is 0 Å². The molecule has 6 N–H and O–H groups in total. The summed E-state index contributed by atoms with van der Waals surface area (Å²) in [5, 5.41) is 0.702. The van der Waals surface area contributed by atoms with Crippen LogP contribution < -0.4 is 21.9 Å². The van der Waals surface area contributed by atoms with Crippen LogP contribution >= 0.6 is 23.2 Å². The van der Waals surface area contributed by atoms with E-state index in [4.69, 9.17) is 45.1 Å². The Morgan fingerprint density at radius 1 is 1.16 bits per heavy atom. The maximum absolute atomic E-state index is 6.01. The normalized spacial score (nSPS) is 11.5. The lowest BCUT2D eigenvalue weighted by Crippen LogP contribution is -2.26. The second-order valence-corrected chi connectivity index (χ2v) is 4.72. The molecule has 0 saturated heterocycles. The maximum Gasteiger partial charge on any atom is 0.223 e. The topological polar surface area (TPSA) is 112 Å². The molecule has 104 valence electrons. The summed E-state index contributed by atoms with van der Waals surface area (Å²) in [6.07, 6.45) is -0.0365. The molecule has 0 aliphatic rings. The highest BCUT2D eigenvalue weighted by atomic mass is 35.5. The molecule has 19 heavy (non-hydrogen) atoms. The molecule has 0 fully saturated rings. The average Bonchev–Trinajstić information content (AvgIpc) is 2.23. The fourth-order valence-electron chi connectivity index (χ4n) is 1.23. The highest BCUT2D eigenvalue weighted by Crippen LogP contribution is 2.36. The summed E-state index contributed by atoms with van der Waals surface area (Å²) in [4.78, 5) is 7.58. The van der Waals surface area contributed by atoms with Gasteiger partial charge in [-0.2, -0.15) is 4.99 Å². The van der Waals surface area contributed by atoms with Gasteiger partial charge in [0.25, 0.3) is 0 Å². The van der Waals surface area contributed by atoms with E-state index in [9.17, 15) is 0 Å². The second-order valence-electron chi connectivity index (χ2n) is 3.91. The number of nitrogens with zero attached hydrogens (tertiary/aromatic N) is 2. The lowest BCUT2D eigenvalue weighted by Gasteiger charge is -2.12. The molecule has 1 rings (SSSR count). The predicted octanol–water partition coefficient (Wildman–Crippen LogP) is 2.00. The molecule has 0 aliphatic heterocycles. The third-order valence-electron chi connectivity index (χ3n) is 1.84. The largest absolute Gasteiger partial charge is 0.489 e. The van der Waals surface area contributed by atoms with E-state index in [2.05, 4.69) is 9.98 Å². The number of ether oxygens (including phenoxy) is 1. The molecule has 0 bridgehead atoms. The Balaban J connectivity index is 3.18. The van der Waals surface area contributed by atoms with Crippen LogP contribution in [0, 0.1) is 0 Å². The lowest BCUT2D eigenvalue weighted by atomic mass is 10.3. The molecule has 0 atom stereocenters. The quantitative estimate of drug-likeness (QED) is 0.585. The van der Waals surface area contributed by atoms with Crippen LogP contribution in [-0.2, 0) is 0 Å².